The van der Waals surface area contributed by atoms with E-state index in [1.165, 1.54) is 0 Å². The summed E-state index contributed by atoms with van der Waals surface area (Å²) in [5.41, 5.74) is 0. The van der Waals surface area contributed by atoms with Crippen LogP contribution in [0.15, 0.2) is 0 Å². The van der Waals surface area contributed by atoms with E-state index in [2.05, 4.69) is 6.92 Å². The molecule has 12 heavy (non-hydrogen) atoms. The fourth-order valence-electron chi connectivity index (χ4n) is 1.23. The van der Waals surface area contributed by atoms with Crippen LogP contribution in [0.3, 0.4) is 0 Å². The summed E-state index contributed by atoms with van der Waals surface area (Å²) in [7, 11) is 3.99. The van der Waals surface area contributed by atoms with Crippen molar-refractivity contribution in [2.75, 3.05) is 27.2 Å². The lowest BCUT2D eigenvalue weighted by atomic mass is 10.2. The van der Waals surface area contributed by atoms with Crippen molar-refractivity contribution < 1.29 is 14.7 Å². The first kappa shape index (κ1) is 11.9. The molecule has 74 valence electrons. The zero-order valence-corrected chi connectivity index (χ0v) is 8.45. The summed E-state index contributed by atoms with van der Waals surface area (Å²) in [6.45, 7) is 3.10. The molecule has 0 spiro atoms. The molecule has 0 saturated heterocycles. The Morgan fingerprint density at radius 1 is 1.33 bits per heavy atom. The topological polar surface area (TPSA) is 40.5 Å². The van der Waals surface area contributed by atoms with Crippen LogP contribution >= 0.6 is 0 Å². The fourth-order valence-corrected chi connectivity index (χ4v) is 1.23. The average Bonchev–Trinajstić information content (AvgIpc) is 2.01. The number of aliphatic hydroxyl groups excluding tert-OH is 2. The molecule has 0 rings (SSSR count). The first-order valence-electron chi connectivity index (χ1n) is 4.66. The summed E-state index contributed by atoms with van der Waals surface area (Å²) in [6.07, 6.45) is 2.30. The Balaban J connectivity index is 3.81. The molecule has 0 aromatic heterocycles. The molecule has 0 aliphatic heterocycles. The molecule has 0 aromatic carbocycles. The molecule has 2 N–H and O–H groups in total. The van der Waals surface area contributed by atoms with Crippen molar-refractivity contribution >= 4 is 0 Å². The van der Waals surface area contributed by atoms with Gasteiger partial charge in [0, 0.05) is 19.4 Å². The van der Waals surface area contributed by atoms with Crippen molar-refractivity contribution in [1.29, 1.82) is 0 Å². The molecule has 0 heterocycles. The molecular weight excluding hydrogens is 154 g/mol. The lowest BCUT2D eigenvalue weighted by molar-refractivity contribution is -0.937. The number of quaternary nitrogens is 1. The first-order valence-corrected chi connectivity index (χ1v) is 4.66. The van der Waals surface area contributed by atoms with Gasteiger partial charge in [0.15, 0.2) is 6.23 Å². The maximum absolute atomic E-state index is 9.69. The molecular formula is C9H22NO2+. The average molecular weight is 176 g/mol. The Morgan fingerprint density at radius 3 is 2.33 bits per heavy atom. The molecule has 0 aliphatic rings. The summed E-state index contributed by atoms with van der Waals surface area (Å²) in [6, 6.07) is 0. The second kappa shape index (κ2) is 5.51. The zero-order chi connectivity index (χ0) is 9.61. The first-order chi connectivity index (χ1) is 5.54. The van der Waals surface area contributed by atoms with Gasteiger partial charge in [-0.3, -0.25) is 0 Å². The van der Waals surface area contributed by atoms with Crippen molar-refractivity contribution in [1.82, 2.24) is 0 Å². The van der Waals surface area contributed by atoms with Crippen LogP contribution in [0.5, 0.6) is 0 Å². The van der Waals surface area contributed by atoms with Gasteiger partial charge in [0.25, 0.3) is 0 Å². The monoisotopic (exact) mass is 176 g/mol. The Labute approximate surface area is 75.2 Å². The molecule has 0 aliphatic carbocycles. The molecule has 0 amide bonds. The number of hydrogen-bond acceptors (Lipinski definition) is 2. The van der Waals surface area contributed by atoms with E-state index in [1.54, 1.807) is 0 Å². The molecule has 3 heteroatoms. The van der Waals surface area contributed by atoms with Crippen LogP contribution in [0, 0.1) is 0 Å². The van der Waals surface area contributed by atoms with Crippen LogP contribution in [0.4, 0.5) is 0 Å². The maximum atomic E-state index is 9.69. The van der Waals surface area contributed by atoms with Crippen LogP contribution in [0.25, 0.3) is 0 Å². The summed E-state index contributed by atoms with van der Waals surface area (Å²) in [5, 5.41) is 18.3. The normalized spacial score (nSPS) is 14.8. The van der Waals surface area contributed by atoms with Crippen LogP contribution in [-0.4, -0.2) is 48.2 Å². The second-order valence-electron chi connectivity index (χ2n) is 3.85. The second-order valence-corrected chi connectivity index (χ2v) is 3.85. The highest BCUT2D eigenvalue weighted by atomic mass is 16.3. The minimum atomic E-state index is -0.290. The van der Waals surface area contributed by atoms with Gasteiger partial charge < -0.3 is 14.7 Å². The summed E-state index contributed by atoms with van der Waals surface area (Å²) in [4.78, 5) is 0. The molecule has 0 radical (unpaired) electrons. The minimum Gasteiger partial charge on any atom is -0.396 e. The van der Waals surface area contributed by atoms with Crippen LogP contribution < -0.4 is 0 Å². The van der Waals surface area contributed by atoms with E-state index < -0.39 is 0 Å². The van der Waals surface area contributed by atoms with Crippen molar-refractivity contribution in [3.63, 3.8) is 0 Å². The van der Waals surface area contributed by atoms with E-state index in [9.17, 15) is 5.11 Å². The van der Waals surface area contributed by atoms with Gasteiger partial charge in [0.2, 0.25) is 0 Å². The van der Waals surface area contributed by atoms with Crippen molar-refractivity contribution in [3.05, 3.63) is 0 Å². The minimum absolute atomic E-state index is 0.209. The standard InChI is InChI=1S/C9H22NO2/c1-4-6-9(12)10(2,3)7-5-8-11/h9,11-12H,4-8H2,1-3H3/q+1. The van der Waals surface area contributed by atoms with Crippen LogP contribution in [-0.2, 0) is 0 Å². The molecule has 0 bridgehead atoms. The quantitative estimate of drug-likeness (QED) is 0.459. The molecule has 3 nitrogen and oxygen atoms in total. The highest BCUT2D eigenvalue weighted by Crippen LogP contribution is 2.10. The maximum Gasteiger partial charge on any atom is 0.190 e. The lowest BCUT2D eigenvalue weighted by Crippen LogP contribution is -2.49. The van der Waals surface area contributed by atoms with Crippen LogP contribution in [0.1, 0.15) is 26.2 Å². The van der Waals surface area contributed by atoms with Gasteiger partial charge in [0.05, 0.1) is 20.6 Å². The summed E-state index contributed by atoms with van der Waals surface area (Å²) < 4.78 is 0.592. The third-order valence-corrected chi connectivity index (χ3v) is 2.25. The van der Waals surface area contributed by atoms with E-state index >= 15 is 0 Å². The van der Waals surface area contributed by atoms with E-state index in [0.717, 1.165) is 25.8 Å². The smallest absolute Gasteiger partial charge is 0.190 e. The predicted octanol–water partition coefficient (Wildman–Crippen LogP) is 0.564. The van der Waals surface area contributed by atoms with Gasteiger partial charge in [-0.05, 0) is 6.42 Å². The van der Waals surface area contributed by atoms with Crippen molar-refractivity contribution in [3.8, 4) is 0 Å². The number of nitrogens with zero attached hydrogens (tertiary/aromatic N) is 1. The largest absolute Gasteiger partial charge is 0.396 e. The summed E-state index contributed by atoms with van der Waals surface area (Å²) in [5.74, 6) is 0. The van der Waals surface area contributed by atoms with Crippen molar-refractivity contribution in [2.45, 2.75) is 32.4 Å². The molecule has 1 atom stereocenters. The Hall–Kier alpha value is -0.120. The third-order valence-electron chi connectivity index (χ3n) is 2.25. The van der Waals surface area contributed by atoms with Crippen molar-refractivity contribution in [2.24, 2.45) is 0 Å². The molecule has 0 aromatic rings. The number of aliphatic hydroxyl groups is 2. The predicted molar refractivity (Wildman–Crippen MR) is 49.6 cm³/mol. The molecule has 0 fully saturated rings. The van der Waals surface area contributed by atoms with E-state index in [4.69, 9.17) is 5.11 Å². The third kappa shape index (κ3) is 4.04. The van der Waals surface area contributed by atoms with Gasteiger partial charge in [-0.2, -0.15) is 0 Å². The molecule has 1 unspecified atom stereocenters. The van der Waals surface area contributed by atoms with Gasteiger partial charge in [-0.25, -0.2) is 0 Å². The fraction of sp³-hybridized carbons (Fsp3) is 1.00. The zero-order valence-electron chi connectivity index (χ0n) is 8.45. The Morgan fingerprint density at radius 2 is 1.92 bits per heavy atom. The van der Waals surface area contributed by atoms with E-state index in [0.29, 0.717) is 4.48 Å². The van der Waals surface area contributed by atoms with E-state index in [-0.39, 0.29) is 12.8 Å². The summed E-state index contributed by atoms with van der Waals surface area (Å²) >= 11 is 0. The van der Waals surface area contributed by atoms with Gasteiger partial charge in [-0.1, -0.05) is 6.92 Å². The number of hydrogen-bond donors (Lipinski definition) is 2. The lowest BCUT2D eigenvalue weighted by Gasteiger charge is -2.34. The highest BCUT2D eigenvalue weighted by Gasteiger charge is 2.23. The van der Waals surface area contributed by atoms with E-state index in [1.807, 2.05) is 14.1 Å². The number of rotatable bonds is 6. The van der Waals surface area contributed by atoms with Gasteiger partial charge in [0.1, 0.15) is 0 Å². The van der Waals surface area contributed by atoms with Crippen LogP contribution in [0.2, 0.25) is 0 Å². The van der Waals surface area contributed by atoms with Gasteiger partial charge in [-0.15, -0.1) is 0 Å². The Kier molecular flexibility index (Phi) is 5.46. The van der Waals surface area contributed by atoms with Gasteiger partial charge >= 0.3 is 0 Å². The molecule has 0 saturated carbocycles. The SMILES string of the molecule is CCCC(O)[N+](C)(C)CCCO. The Bertz CT molecular complexity index is 115. The highest BCUT2D eigenvalue weighted by molar-refractivity contribution is 4.42.